The average molecular weight is 428 g/mol. The SMILES string of the molecule is CCOC(=O)/C(C#N)=C/c1cc(Cl)ccc1OCCOc1ccc([C@H](C)CC)cc1. The van der Waals surface area contributed by atoms with Crippen LogP contribution in [0, 0.1) is 11.3 Å². The summed E-state index contributed by atoms with van der Waals surface area (Å²) in [5.74, 6) is 1.10. The summed E-state index contributed by atoms with van der Waals surface area (Å²) in [6.07, 6.45) is 2.50. The van der Waals surface area contributed by atoms with Gasteiger partial charge >= 0.3 is 5.97 Å². The van der Waals surface area contributed by atoms with E-state index in [0.29, 0.717) is 28.9 Å². The molecule has 6 heteroatoms. The van der Waals surface area contributed by atoms with Crippen molar-refractivity contribution in [3.05, 3.63) is 64.2 Å². The van der Waals surface area contributed by atoms with Gasteiger partial charge in [0.2, 0.25) is 0 Å². The van der Waals surface area contributed by atoms with Gasteiger partial charge in [-0.25, -0.2) is 4.79 Å². The van der Waals surface area contributed by atoms with Crippen LogP contribution < -0.4 is 9.47 Å². The van der Waals surface area contributed by atoms with E-state index >= 15 is 0 Å². The van der Waals surface area contributed by atoms with E-state index in [1.807, 2.05) is 18.2 Å². The molecule has 0 aromatic heterocycles. The molecule has 0 heterocycles. The van der Waals surface area contributed by atoms with E-state index in [1.165, 1.54) is 11.6 Å². The van der Waals surface area contributed by atoms with Crippen LogP contribution in [0.2, 0.25) is 5.02 Å². The Morgan fingerprint density at radius 1 is 1.13 bits per heavy atom. The number of carbonyl (C=O) groups excluding carboxylic acids is 1. The number of benzene rings is 2. The summed E-state index contributed by atoms with van der Waals surface area (Å²) < 4.78 is 16.4. The third-order valence-electron chi connectivity index (χ3n) is 4.56. The second-order valence-corrected chi connectivity index (χ2v) is 7.08. The average Bonchev–Trinajstić information content (AvgIpc) is 2.76. The molecular weight excluding hydrogens is 402 g/mol. The van der Waals surface area contributed by atoms with Gasteiger partial charge in [0.15, 0.2) is 0 Å². The van der Waals surface area contributed by atoms with E-state index in [9.17, 15) is 10.1 Å². The molecule has 0 saturated carbocycles. The number of nitriles is 1. The van der Waals surface area contributed by atoms with E-state index < -0.39 is 5.97 Å². The van der Waals surface area contributed by atoms with Crippen molar-refractivity contribution < 1.29 is 19.0 Å². The lowest BCUT2D eigenvalue weighted by atomic mass is 9.99. The normalized spacial score (nSPS) is 12.0. The summed E-state index contributed by atoms with van der Waals surface area (Å²) in [6.45, 7) is 6.86. The second kappa shape index (κ2) is 11.9. The first kappa shape index (κ1) is 23.3. The first-order valence-electron chi connectivity index (χ1n) is 9.92. The molecule has 0 aliphatic heterocycles. The van der Waals surface area contributed by atoms with Crippen LogP contribution in [0.15, 0.2) is 48.0 Å². The molecule has 0 fully saturated rings. The van der Waals surface area contributed by atoms with E-state index in [1.54, 1.807) is 25.1 Å². The van der Waals surface area contributed by atoms with Gasteiger partial charge in [-0.05, 0) is 61.2 Å². The lowest BCUT2D eigenvalue weighted by Crippen LogP contribution is -2.10. The summed E-state index contributed by atoms with van der Waals surface area (Å²) in [4.78, 5) is 11.9. The van der Waals surface area contributed by atoms with E-state index in [4.69, 9.17) is 25.8 Å². The first-order valence-corrected chi connectivity index (χ1v) is 10.3. The maximum Gasteiger partial charge on any atom is 0.348 e. The highest BCUT2D eigenvalue weighted by molar-refractivity contribution is 6.30. The molecule has 0 N–H and O–H groups in total. The molecule has 2 aromatic rings. The van der Waals surface area contributed by atoms with Crippen molar-refractivity contribution in [3.63, 3.8) is 0 Å². The zero-order chi connectivity index (χ0) is 21.9. The predicted octanol–water partition coefficient (Wildman–Crippen LogP) is 5.78. The first-order chi connectivity index (χ1) is 14.5. The molecule has 0 unspecified atom stereocenters. The molecular formula is C24H26ClNO4. The molecule has 0 radical (unpaired) electrons. The Balaban J connectivity index is 2.00. The van der Waals surface area contributed by atoms with Crippen molar-refractivity contribution in [2.75, 3.05) is 19.8 Å². The maximum absolute atomic E-state index is 11.9. The predicted molar refractivity (Wildman–Crippen MR) is 118 cm³/mol. The number of hydrogen-bond donors (Lipinski definition) is 0. The number of esters is 1. The molecule has 0 spiro atoms. The zero-order valence-electron chi connectivity index (χ0n) is 17.5. The van der Waals surface area contributed by atoms with Crippen LogP contribution in [0.4, 0.5) is 0 Å². The number of nitrogens with zero attached hydrogens (tertiary/aromatic N) is 1. The van der Waals surface area contributed by atoms with Gasteiger partial charge in [0.1, 0.15) is 36.4 Å². The third-order valence-corrected chi connectivity index (χ3v) is 4.79. The maximum atomic E-state index is 11.9. The number of ether oxygens (including phenoxy) is 3. The van der Waals surface area contributed by atoms with E-state index in [0.717, 1.165) is 12.2 Å². The van der Waals surface area contributed by atoms with Crippen molar-refractivity contribution >= 4 is 23.6 Å². The van der Waals surface area contributed by atoms with Crippen molar-refractivity contribution in [2.45, 2.75) is 33.1 Å². The smallest absolute Gasteiger partial charge is 0.348 e. The van der Waals surface area contributed by atoms with E-state index in [2.05, 4.69) is 26.0 Å². The monoisotopic (exact) mass is 427 g/mol. The standard InChI is InChI=1S/C24H26ClNO4/c1-4-17(3)18-6-9-22(10-7-18)29-12-13-30-23-11-8-21(25)15-19(23)14-20(16-26)24(27)28-5-2/h6-11,14-15,17H,4-5,12-13H2,1-3H3/b20-14+/t17-/m1/s1. The summed E-state index contributed by atoms with van der Waals surface area (Å²) in [7, 11) is 0. The van der Waals surface area contributed by atoms with Crippen molar-refractivity contribution in [1.29, 1.82) is 5.26 Å². The Bertz CT molecular complexity index is 916. The summed E-state index contributed by atoms with van der Waals surface area (Å²) in [5, 5.41) is 9.71. The Labute approximate surface area is 182 Å². The minimum atomic E-state index is -0.685. The molecule has 158 valence electrons. The lowest BCUT2D eigenvalue weighted by molar-refractivity contribution is -0.137. The second-order valence-electron chi connectivity index (χ2n) is 6.65. The van der Waals surface area contributed by atoms with Crippen LogP contribution in [0.5, 0.6) is 11.5 Å². The lowest BCUT2D eigenvalue weighted by Gasteiger charge is -2.12. The van der Waals surface area contributed by atoms with Gasteiger partial charge in [-0.1, -0.05) is 37.6 Å². The molecule has 0 amide bonds. The topological polar surface area (TPSA) is 68.6 Å². The third kappa shape index (κ3) is 6.82. The quantitative estimate of drug-likeness (QED) is 0.208. The van der Waals surface area contributed by atoms with Crippen LogP contribution >= 0.6 is 11.6 Å². The van der Waals surface area contributed by atoms with Gasteiger partial charge in [-0.3, -0.25) is 0 Å². The molecule has 0 aliphatic carbocycles. The highest BCUT2D eigenvalue weighted by atomic mass is 35.5. The van der Waals surface area contributed by atoms with Gasteiger partial charge in [-0.2, -0.15) is 5.26 Å². The van der Waals surface area contributed by atoms with Gasteiger partial charge in [0.25, 0.3) is 0 Å². The zero-order valence-corrected chi connectivity index (χ0v) is 18.2. The van der Waals surface area contributed by atoms with Crippen molar-refractivity contribution in [1.82, 2.24) is 0 Å². The van der Waals surface area contributed by atoms with E-state index in [-0.39, 0.29) is 18.8 Å². The Morgan fingerprint density at radius 3 is 2.47 bits per heavy atom. The minimum Gasteiger partial charge on any atom is -0.490 e. The summed E-state index contributed by atoms with van der Waals surface area (Å²) in [5.41, 5.74) is 1.68. The van der Waals surface area contributed by atoms with Crippen molar-refractivity contribution in [2.24, 2.45) is 0 Å². The highest BCUT2D eigenvalue weighted by Crippen LogP contribution is 2.26. The fourth-order valence-corrected chi connectivity index (χ4v) is 2.88. The van der Waals surface area contributed by atoms with Crippen molar-refractivity contribution in [3.8, 4) is 17.6 Å². The molecule has 2 aromatic carbocycles. The van der Waals surface area contributed by atoms with Gasteiger partial charge in [0, 0.05) is 10.6 Å². The molecule has 0 saturated heterocycles. The Kier molecular flexibility index (Phi) is 9.24. The van der Waals surface area contributed by atoms with Crippen LogP contribution in [-0.2, 0) is 9.53 Å². The molecule has 5 nitrogen and oxygen atoms in total. The minimum absolute atomic E-state index is 0.124. The highest BCUT2D eigenvalue weighted by Gasteiger charge is 2.12. The van der Waals surface area contributed by atoms with Crippen LogP contribution in [0.3, 0.4) is 0 Å². The summed E-state index contributed by atoms with van der Waals surface area (Å²) >= 11 is 6.06. The summed E-state index contributed by atoms with van der Waals surface area (Å²) in [6, 6.07) is 14.9. The van der Waals surface area contributed by atoms with Crippen LogP contribution in [0.25, 0.3) is 6.08 Å². The fourth-order valence-electron chi connectivity index (χ4n) is 2.70. The molecule has 2 rings (SSSR count). The van der Waals surface area contributed by atoms with Gasteiger partial charge < -0.3 is 14.2 Å². The van der Waals surface area contributed by atoms with Gasteiger partial charge in [-0.15, -0.1) is 0 Å². The fraction of sp³-hybridized carbons (Fsp3) is 0.333. The number of rotatable bonds is 10. The molecule has 0 bridgehead atoms. The van der Waals surface area contributed by atoms with Crippen LogP contribution in [0.1, 0.15) is 44.2 Å². The number of hydrogen-bond acceptors (Lipinski definition) is 5. The Hall–Kier alpha value is -2.97. The van der Waals surface area contributed by atoms with Gasteiger partial charge in [0.05, 0.1) is 6.61 Å². The number of carbonyl (C=O) groups is 1. The molecule has 30 heavy (non-hydrogen) atoms. The largest absolute Gasteiger partial charge is 0.490 e. The Morgan fingerprint density at radius 2 is 1.83 bits per heavy atom. The van der Waals surface area contributed by atoms with Crippen LogP contribution in [-0.4, -0.2) is 25.8 Å². The molecule has 1 atom stereocenters. The number of halogens is 1. The molecule has 0 aliphatic rings.